The van der Waals surface area contributed by atoms with Gasteiger partial charge in [0.15, 0.2) is 5.16 Å². The van der Waals surface area contributed by atoms with Crippen molar-refractivity contribution in [2.45, 2.75) is 17.3 Å². The Balaban J connectivity index is 1.86. The maximum Gasteiger partial charge on any atom is 0.229 e. The Morgan fingerprint density at radius 1 is 1.12 bits per heavy atom. The number of thioether (sulfide) groups is 1. The fraction of sp³-hybridized carbons (Fsp3) is 0.250. The monoisotopic (exact) mass is 341 g/mol. The largest absolute Gasteiger partial charge is 0.368 e. The van der Waals surface area contributed by atoms with Crippen LogP contribution in [0.5, 0.6) is 0 Å². The van der Waals surface area contributed by atoms with Crippen molar-refractivity contribution in [2.75, 3.05) is 24.7 Å². The van der Waals surface area contributed by atoms with E-state index >= 15 is 0 Å². The first-order chi connectivity index (χ1) is 11.5. The van der Waals surface area contributed by atoms with Crippen LogP contribution in [0, 0.1) is 0 Å². The number of nitrogens with zero attached hydrogens (tertiary/aromatic N) is 6. The first-order valence-corrected chi connectivity index (χ1v) is 8.37. The quantitative estimate of drug-likeness (QED) is 0.714. The van der Waals surface area contributed by atoms with Crippen molar-refractivity contribution in [3.05, 3.63) is 48.5 Å². The highest BCUT2D eigenvalue weighted by Crippen LogP contribution is 2.33. The summed E-state index contributed by atoms with van der Waals surface area (Å²) in [6.07, 6.45) is 3.73. The van der Waals surface area contributed by atoms with Crippen LogP contribution < -0.4 is 10.6 Å². The highest BCUT2D eigenvalue weighted by molar-refractivity contribution is 7.99. The fourth-order valence-electron chi connectivity index (χ4n) is 2.15. The van der Waals surface area contributed by atoms with E-state index in [0.717, 1.165) is 10.8 Å². The SMILES string of the molecule is C[C@@H](Sc1nccn1-c1ccccc1)c1nc(N)nc(N(C)C)n1. The van der Waals surface area contributed by atoms with Gasteiger partial charge in [0.05, 0.1) is 5.25 Å². The highest BCUT2D eigenvalue weighted by atomic mass is 32.2. The van der Waals surface area contributed by atoms with Gasteiger partial charge < -0.3 is 10.6 Å². The van der Waals surface area contributed by atoms with Crippen LogP contribution in [-0.2, 0) is 0 Å². The molecule has 0 aliphatic carbocycles. The molecule has 0 radical (unpaired) electrons. The number of anilines is 2. The lowest BCUT2D eigenvalue weighted by Gasteiger charge is -2.15. The summed E-state index contributed by atoms with van der Waals surface area (Å²) in [5.74, 6) is 1.41. The van der Waals surface area contributed by atoms with Crippen molar-refractivity contribution in [3.8, 4) is 5.69 Å². The van der Waals surface area contributed by atoms with Gasteiger partial charge in [-0.2, -0.15) is 15.0 Å². The molecule has 7 nitrogen and oxygen atoms in total. The Kier molecular flexibility index (Phi) is 4.66. The molecule has 3 aromatic rings. The molecule has 124 valence electrons. The van der Waals surface area contributed by atoms with Crippen molar-refractivity contribution >= 4 is 23.7 Å². The number of imidazole rings is 1. The zero-order valence-corrected chi connectivity index (χ0v) is 14.6. The molecule has 0 unspecified atom stereocenters. The van der Waals surface area contributed by atoms with E-state index in [1.807, 2.05) is 67.0 Å². The number of nitrogen functional groups attached to an aromatic ring is 1. The third kappa shape index (κ3) is 3.48. The smallest absolute Gasteiger partial charge is 0.229 e. The zero-order chi connectivity index (χ0) is 17.1. The van der Waals surface area contributed by atoms with Crippen LogP contribution in [0.1, 0.15) is 18.0 Å². The first-order valence-electron chi connectivity index (χ1n) is 7.49. The van der Waals surface area contributed by atoms with Gasteiger partial charge in [0.1, 0.15) is 5.82 Å². The number of rotatable bonds is 5. The summed E-state index contributed by atoms with van der Waals surface area (Å²) >= 11 is 1.58. The Morgan fingerprint density at radius 2 is 1.88 bits per heavy atom. The van der Waals surface area contributed by atoms with Crippen LogP contribution in [0.3, 0.4) is 0 Å². The van der Waals surface area contributed by atoms with E-state index in [4.69, 9.17) is 5.73 Å². The molecule has 3 rings (SSSR count). The normalized spacial score (nSPS) is 12.1. The molecule has 0 bridgehead atoms. The second kappa shape index (κ2) is 6.88. The van der Waals surface area contributed by atoms with Gasteiger partial charge >= 0.3 is 0 Å². The molecule has 0 saturated carbocycles. The lowest BCUT2D eigenvalue weighted by Crippen LogP contribution is -2.16. The van der Waals surface area contributed by atoms with Crippen molar-refractivity contribution in [3.63, 3.8) is 0 Å². The number of nitrogens with two attached hydrogens (primary N) is 1. The van der Waals surface area contributed by atoms with Crippen LogP contribution >= 0.6 is 11.8 Å². The van der Waals surface area contributed by atoms with Gasteiger partial charge in [-0.1, -0.05) is 30.0 Å². The number of hydrogen-bond acceptors (Lipinski definition) is 7. The average Bonchev–Trinajstić information content (AvgIpc) is 3.03. The third-order valence-corrected chi connectivity index (χ3v) is 4.42. The standard InChI is InChI=1S/C16H19N7S/c1-11(13-19-14(17)21-15(20-13)22(2)3)24-16-18-9-10-23(16)12-7-5-4-6-8-12/h4-11H,1-3H3,(H2,17,19,20,21)/t11-/m1/s1. The Morgan fingerprint density at radius 3 is 2.58 bits per heavy atom. The van der Waals surface area contributed by atoms with Crippen molar-refractivity contribution in [2.24, 2.45) is 0 Å². The fourth-order valence-corrected chi connectivity index (χ4v) is 3.08. The maximum absolute atomic E-state index is 5.81. The molecule has 0 saturated heterocycles. The Labute approximate surface area is 145 Å². The summed E-state index contributed by atoms with van der Waals surface area (Å²) in [6, 6.07) is 10.1. The zero-order valence-electron chi connectivity index (χ0n) is 13.8. The van der Waals surface area contributed by atoms with E-state index in [0.29, 0.717) is 11.8 Å². The lowest BCUT2D eigenvalue weighted by molar-refractivity contribution is 0.847. The van der Waals surface area contributed by atoms with E-state index in [2.05, 4.69) is 19.9 Å². The maximum atomic E-state index is 5.81. The van der Waals surface area contributed by atoms with Gasteiger partial charge in [-0.25, -0.2) is 4.98 Å². The van der Waals surface area contributed by atoms with E-state index in [1.54, 1.807) is 18.0 Å². The van der Waals surface area contributed by atoms with Gasteiger partial charge in [-0.05, 0) is 19.1 Å². The third-order valence-electron chi connectivity index (χ3n) is 3.35. The summed E-state index contributed by atoms with van der Waals surface area (Å²) in [5, 5.41) is 0.859. The second-order valence-electron chi connectivity index (χ2n) is 5.42. The molecule has 24 heavy (non-hydrogen) atoms. The summed E-state index contributed by atoms with van der Waals surface area (Å²) in [4.78, 5) is 19.1. The topological polar surface area (TPSA) is 85.8 Å². The highest BCUT2D eigenvalue weighted by Gasteiger charge is 2.17. The number of benzene rings is 1. The van der Waals surface area contributed by atoms with Crippen molar-refractivity contribution in [1.82, 2.24) is 24.5 Å². The van der Waals surface area contributed by atoms with Crippen LogP contribution in [0.4, 0.5) is 11.9 Å². The second-order valence-corrected chi connectivity index (χ2v) is 6.73. The van der Waals surface area contributed by atoms with Crippen LogP contribution in [0.2, 0.25) is 0 Å². The minimum absolute atomic E-state index is 0.0149. The van der Waals surface area contributed by atoms with Crippen molar-refractivity contribution in [1.29, 1.82) is 0 Å². The van der Waals surface area contributed by atoms with Gasteiger partial charge in [0, 0.05) is 32.2 Å². The average molecular weight is 341 g/mol. The molecule has 1 aromatic carbocycles. The number of aromatic nitrogens is 5. The number of hydrogen-bond donors (Lipinski definition) is 1. The van der Waals surface area contributed by atoms with Gasteiger partial charge in [0.2, 0.25) is 11.9 Å². The van der Waals surface area contributed by atoms with E-state index in [9.17, 15) is 0 Å². The molecule has 0 amide bonds. The summed E-state index contributed by atoms with van der Waals surface area (Å²) in [6.45, 7) is 2.03. The summed E-state index contributed by atoms with van der Waals surface area (Å²) < 4.78 is 2.04. The van der Waals surface area contributed by atoms with Crippen LogP contribution in [0.25, 0.3) is 5.69 Å². The molecule has 1 atom stereocenters. The van der Waals surface area contributed by atoms with E-state index < -0.39 is 0 Å². The predicted octanol–water partition coefficient (Wildman–Crippen LogP) is 2.56. The molecule has 2 N–H and O–H groups in total. The van der Waals surface area contributed by atoms with E-state index in [-0.39, 0.29) is 11.2 Å². The predicted molar refractivity (Wildman–Crippen MR) is 96.4 cm³/mol. The van der Waals surface area contributed by atoms with Gasteiger partial charge in [0.25, 0.3) is 0 Å². The summed E-state index contributed by atoms with van der Waals surface area (Å²) in [5.41, 5.74) is 6.87. The minimum Gasteiger partial charge on any atom is -0.368 e. The molecular formula is C16H19N7S. The first kappa shape index (κ1) is 16.3. The lowest BCUT2D eigenvalue weighted by atomic mass is 10.3. The van der Waals surface area contributed by atoms with Crippen molar-refractivity contribution < 1.29 is 0 Å². The Hall–Kier alpha value is -2.61. The van der Waals surface area contributed by atoms with E-state index in [1.165, 1.54) is 0 Å². The minimum atomic E-state index is -0.0149. The molecule has 0 spiro atoms. The molecule has 0 aliphatic heterocycles. The molecule has 0 aliphatic rings. The molecule has 8 heteroatoms. The van der Waals surface area contributed by atoms with Gasteiger partial charge in [-0.3, -0.25) is 4.57 Å². The summed E-state index contributed by atoms with van der Waals surface area (Å²) in [7, 11) is 3.75. The van der Waals surface area contributed by atoms with Gasteiger partial charge in [-0.15, -0.1) is 0 Å². The molecular weight excluding hydrogens is 322 g/mol. The number of para-hydroxylation sites is 1. The molecule has 2 heterocycles. The molecule has 0 fully saturated rings. The van der Waals surface area contributed by atoms with Crippen LogP contribution in [-0.4, -0.2) is 38.6 Å². The molecule has 2 aromatic heterocycles. The van der Waals surface area contributed by atoms with Crippen LogP contribution in [0.15, 0.2) is 47.9 Å². The Bertz CT molecular complexity index is 816.